The summed E-state index contributed by atoms with van der Waals surface area (Å²) >= 11 is 16.6. The Hall–Kier alpha value is -0.130. The van der Waals surface area contributed by atoms with Crippen molar-refractivity contribution in [2.24, 2.45) is 0 Å². The standard InChI is InChI=1S/C13H11BrCl2FNS/c1-2-18-12(11-6-9(14)13(16)19-11)8-4-3-7(15)5-10(8)17/h3-6,12,18H,2H2,1H3. The molecule has 2 aromatic rings. The molecular formula is C13H11BrCl2FNS. The highest BCUT2D eigenvalue weighted by molar-refractivity contribution is 9.10. The average molecular weight is 383 g/mol. The SMILES string of the molecule is CCNC(c1cc(Br)c(Cl)s1)c1ccc(Cl)cc1F. The molecule has 102 valence electrons. The van der Waals surface area contributed by atoms with Gasteiger partial charge in [-0.3, -0.25) is 0 Å². The van der Waals surface area contributed by atoms with Crippen LogP contribution in [-0.4, -0.2) is 6.54 Å². The largest absolute Gasteiger partial charge is 0.306 e. The molecule has 2 rings (SSSR count). The van der Waals surface area contributed by atoms with Crippen molar-refractivity contribution >= 4 is 50.5 Å². The van der Waals surface area contributed by atoms with Crippen LogP contribution in [0.1, 0.15) is 23.4 Å². The molecule has 1 aromatic heterocycles. The van der Waals surface area contributed by atoms with E-state index in [2.05, 4.69) is 21.2 Å². The van der Waals surface area contributed by atoms with Crippen molar-refractivity contribution in [1.82, 2.24) is 5.32 Å². The lowest BCUT2D eigenvalue weighted by Crippen LogP contribution is -2.22. The number of thiophene rings is 1. The molecule has 0 spiro atoms. The van der Waals surface area contributed by atoms with Gasteiger partial charge in [-0.15, -0.1) is 11.3 Å². The van der Waals surface area contributed by atoms with Crippen LogP contribution in [0.5, 0.6) is 0 Å². The summed E-state index contributed by atoms with van der Waals surface area (Å²) in [7, 11) is 0. The zero-order valence-electron chi connectivity index (χ0n) is 10.0. The Morgan fingerprint density at radius 2 is 2.11 bits per heavy atom. The molecule has 1 atom stereocenters. The van der Waals surface area contributed by atoms with E-state index in [4.69, 9.17) is 23.2 Å². The van der Waals surface area contributed by atoms with Crippen molar-refractivity contribution in [2.45, 2.75) is 13.0 Å². The Morgan fingerprint density at radius 1 is 1.37 bits per heavy atom. The number of hydrogen-bond acceptors (Lipinski definition) is 2. The maximum atomic E-state index is 14.1. The first-order valence-electron chi connectivity index (χ1n) is 5.66. The molecule has 0 aliphatic heterocycles. The fraction of sp³-hybridized carbons (Fsp3) is 0.231. The summed E-state index contributed by atoms with van der Waals surface area (Å²) in [5.74, 6) is -0.320. The van der Waals surface area contributed by atoms with Gasteiger partial charge in [-0.2, -0.15) is 0 Å². The van der Waals surface area contributed by atoms with Crippen LogP contribution >= 0.6 is 50.5 Å². The van der Waals surface area contributed by atoms with Gasteiger partial charge in [0, 0.05) is 19.9 Å². The highest BCUT2D eigenvalue weighted by Gasteiger charge is 2.20. The Balaban J connectivity index is 2.44. The predicted octanol–water partition coefficient (Wildman–Crippen LogP) is 5.66. The molecule has 0 saturated heterocycles. The quantitative estimate of drug-likeness (QED) is 0.719. The first-order chi connectivity index (χ1) is 9.02. The minimum atomic E-state index is -0.320. The molecule has 0 bridgehead atoms. The highest BCUT2D eigenvalue weighted by Crippen LogP contribution is 2.38. The van der Waals surface area contributed by atoms with Crippen molar-refractivity contribution in [3.05, 3.63) is 54.4 Å². The first-order valence-corrected chi connectivity index (χ1v) is 8.02. The van der Waals surface area contributed by atoms with Crippen LogP contribution in [-0.2, 0) is 0 Å². The van der Waals surface area contributed by atoms with Gasteiger partial charge in [-0.05, 0) is 40.7 Å². The zero-order chi connectivity index (χ0) is 14.0. The average Bonchev–Trinajstić information content (AvgIpc) is 2.67. The molecule has 0 radical (unpaired) electrons. The Bertz CT molecular complexity index is 569. The van der Waals surface area contributed by atoms with Gasteiger partial charge in [0.25, 0.3) is 0 Å². The van der Waals surface area contributed by atoms with Gasteiger partial charge in [0.05, 0.1) is 6.04 Å². The van der Waals surface area contributed by atoms with E-state index in [0.717, 1.165) is 15.9 Å². The van der Waals surface area contributed by atoms with E-state index < -0.39 is 0 Å². The molecule has 1 unspecified atom stereocenters. The lowest BCUT2D eigenvalue weighted by molar-refractivity contribution is 0.563. The topological polar surface area (TPSA) is 12.0 Å². The third-order valence-corrected chi connectivity index (χ3v) is 5.41. The first kappa shape index (κ1) is 15.3. The summed E-state index contributed by atoms with van der Waals surface area (Å²) < 4.78 is 15.5. The molecule has 0 amide bonds. The fourth-order valence-electron chi connectivity index (χ4n) is 1.81. The van der Waals surface area contributed by atoms with Gasteiger partial charge < -0.3 is 5.32 Å². The molecule has 0 aliphatic rings. The van der Waals surface area contributed by atoms with Gasteiger partial charge in [0.1, 0.15) is 10.2 Å². The van der Waals surface area contributed by atoms with Crippen LogP contribution in [0.25, 0.3) is 0 Å². The van der Waals surface area contributed by atoms with Crippen molar-refractivity contribution in [3.63, 3.8) is 0 Å². The van der Waals surface area contributed by atoms with E-state index >= 15 is 0 Å². The fourth-order valence-corrected chi connectivity index (χ4v) is 3.80. The smallest absolute Gasteiger partial charge is 0.129 e. The third kappa shape index (κ3) is 3.50. The highest BCUT2D eigenvalue weighted by atomic mass is 79.9. The molecule has 0 saturated carbocycles. The van der Waals surface area contributed by atoms with Crippen LogP contribution < -0.4 is 5.32 Å². The molecule has 0 fully saturated rings. The summed E-state index contributed by atoms with van der Waals surface area (Å²) in [4.78, 5) is 0.958. The number of rotatable bonds is 4. The summed E-state index contributed by atoms with van der Waals surface area (Å²) in [5, 5.41) is 3.65. The molecular weight excluding hydrogens is 372 g/mol. The van der Waals surface area contributed by atoms with Crippen molar-refractivity contribution in [2.75, 3.05) is 6.54 Å². The van der Waals surface area contributed by atoms with E-state index in [1.54, 1.807) is 12.1 Å². The second kappa shape index (κ2) is 6.55. The lowest BCUT2D eigenvalue weighted by atomic mass is 10.0. The molecule has 1 N–H and O–H groups in total. The van der Waals surface area contributed by atoms with Gasteiger partial charge >= 0.3 is 0 Å². The van der Waals surface area contributed by atoms with Crippen LogP contribution in [0.4, 0.5) is 4.39 Å². The van der Waals surface area contributed by atoms with Gasteiger partial charge in [0.15, 0.2) is 0 Å². The summed E-state index contributed by atoms with van der Waals surface area (Å²) in [6.45, 7) is 2.70. The van der Waals surface area contributed by atoms with Gasteiger partial charge in [-0.1, -0.05) is 36.2 Å². The zero-order valence-corrected chi connectivity index (χ0v) is 13.9. The third-order valence-electron chi connectivity index (χ3n) is 2.63. The van der Waals surface area contributed by atoms with Crippen LogP contribution in [0.3, 0.4) is 0 Å². The summed E-state index contributed by atoms with van der Waals surface area (Å²) in [6, 6.07) is 6.40. The summed E-state index contributed by atoms with van der Waals surface area (Å²) in [5.41, 5.74) is 0.566. The second-order valence-electron chi connectivity index (χ2n) is 3.93. The lowest BCUT2D eigenvalue weighted by Gasteiger charge is -2.17. The monoisotopic (exact) mass is 381 g/mol. The van der Waals surface area contributed by atoms with E-state index in [-0.39, 0.29) is 11.9 Å². The summed E-state index contributed by atoms with van der Waals surface area (Å²) in [6.07, 6.45) is 0. The van der Waals surface area contributed by atoms with Gasteiger partial charge in [-0.25, -0.2) is 4.39 Å². The molecule has 1 aromatic carbocycles. The number of benzene rings is 1. The van der Waals surface area contributed by atoms with Crippen molar-refractivity contribution in [1.29, 1.82) is 0 Å². The van der Waals surface area contributed by atoms with E-state index in [1.165, 1.54) is 17.4 Å². The number of nitrogens with one attached hydrogen (secondary N) is 1. The van der Waals surface area contributed by atoms with Crippen LogP contribution in [0, 0.1) is 5.82 Å². The minimum absolute atomic E-state index is 0.226. The van der Waals surface area contributed by atoms with Crippen LogP contribution in [0.2, 0.25) is 9.36 Å². The Kier molecular flexibility index (Phi) is 5.26. The second-order valence-corrected chi connectivity index (χ2v) is 6.90. The number of hydrogen-bond donors (Lipinski definition) is 1. The minimum Gasteiger partial charge on any atom is -0.306 e. The molecule has 0 aliphatic carbocycles. The normalized spacial score (nSPS) is 12.7. The Morgan fingerprint density at radius 3 is 2.63 bits per heavy atom. The molecule has 1 heterocycles. The van der Waals surface area contributed by atoms with E-state index in [9.17, 15) is 4.39 Å². The maximum absolute atomic E-state index is 14.1. The maximum Gasteiger partial charge on any atom is 0.129 e. The predicted molar refractivity (Wildman–Crippen MR) is 84.0 cm³/mol. The van der Waals surface area contributed by atoms with E-state index in [1.807, 2.05) is 13.0 Å². The molecule has 19 heavy (non-hydrogen) atoms. The molecule has 6 heteroatoms. The van der Waals surface area contributed by atoms with Crippen molar-refractivity contribution in [3.8, 4) is 0 Å². The van der Waals surface area contributed by atoms with Gasteiger partial charge in [0.2, 0.25) is 0 Å². The number of halogens is 4. The van der Waals surface area contributed by atoms with Crippen molar-refractivity contribution < 1.29 is 4.39 Å². The van der Waals surface area contributed by atoms with E-state index in [0.29, 0.717) is 14.9 Å². The van der Waals surface area contributed by atoms with Crippen LogP contribution in [0.15, 0.2) is 28.7 Å². The molecule has 1 nitrogen and oxygen atoms in total. The Labute approximate surface area is 133 Å².